The van der Waals surface area contributed by atoms with Crippen LogP contribution in [0.25, 0.3) is 0 Å². The molecule has 1 aromatic rings. The van der Waals surface area contributed by atoms with E-state index < -0.39 is 126 Å². The summed E-state index contributed by atoms with van der Waals surface area (Å²) < 4.78 is 0. The fourth-order valence-corrected chi connectivity index (χ4v) is 7.22. The fraction of sp³-hybridized carbons (Fsp3) is 0.652. The molecule has 0 heterocycles. The van der Waals surface area contributed by atoms with Gasteiger partial charge in [0.1, 0.15) is 48.3 Å². The van der Waals surface area contributed by atoms with Crippen LogP contribution in [0.3, 0.4) is 0 Å². The van der Waals surface area contributed by atoms with Crippen molar-refractivity contribution in [1.29, 1.82) is 0 Å². The Hall–Kier alpha value is -6.01. The molecule has 0 unspecified atom stereocenters. The third-order valence-electron chi connectivity index (χ3n) is 11.1. The second-order valence-corrected chi connectivity index (χ2v) is 19.0. The van der Waals surface area contributed by atoms with Crippen LogP contribution in [0.2, 0.25) is 0 Å². The van der Waals surface area contributed by atoms with E-state index in [0.717, 1.165) is 5.56 Å². The molecule has 10 atom stereocenters. The molecule has 0 saturated carbocycles. The second kappa shape index (κ2) is 32.0. The number of aliphatic hydroxyl groups excluding tert-OH is 1. The standard InChI is InChI=1S/C46H78N12O11S/c1-10-26(6)36(58-41(64)31(17-14-19-50-46(48)49)53-39(62)30(47)22-29-15-12-11-13-16-29)44(67)54-32(18-20-70-9)40(63)51-28(8)38(61)57-35(25(4)5)43(66)55-33(21-24(2)3)42(65)52-27(7)37(60)56-34(23-59)45(68)69/h11-13,15-16,24-28,30-36,59H,10,14,17-23,47H2,1-9H3,(H,51,63)(H,52,65)(H,53,62)(H,54,67)(H,55,66)(H,56,60)(H,57,61)(H,58,64)(H,68,69)(H4,48,49,50)/t26-,27-,28-,30-,31-,32-,33-,34-,35-,36-/m0/s1. The Morgan fingerprint density at radius 1 is 0.629 bits per heavy atom. The summed E-state index contributed by atoms with van der Waals surface area (Å²) in [5, 5.41) is 39.1. The number of nitrogens with one attached hydrogen (secondary N) is 8. The van der Waals surface area contributed by atoms with Gasteiger partial charge in [-0.1, -0.05) is 78.3 Å². The lowest BCUT2D eigenvalue weighted by molar-refractivity contribution is -0.143. The number of aliphatic carboxylic acids is 1. The largest absolute Gasteiger partial charge is 0.480 e. The monoisotopic (exact) mass is 1010 g/mol. The molecule has 24 heteroatoms. The highest BCUT2D eigenvalue weighted by molar-refractivity contribution is 7.98. The zero-order chi connectivity index (χ0) is 53.2. The van der Waals surface area contributed by atoms with Crippen molar-refractivity contribution >= 4 is 70.9 Å². The molecule has 0 aliphatic carbocycles. The molecule has 23 nitrogen and oxygen atoms in total. The lowest BCUT2D eigenvalue weighted by Crippen LogP contribution is -2.61. The van der Waals surface area contributed by atoms with E-state index in [4.69, 9.17) is 22.3 Å². The van der Waals surface area contributed by atoms with E-state index in [1.807, 2.05) is 43.5 Å². The Labute approximate surface area is 415 Å². The van der Waals surface area contributed by atoms with E-state index in [1.54, 1.807) is 34.6 Å². The maximum Gasteiger partial charge on any atom is 0.328 e. The number of carboxylic acid groups (broad SMARTS) is 1. The van der Waals surface area contributed by atoms with Crippen molar-refractivity contribution in [2.24, 2.45) is 39.9 Å². The molecule has 0 bridgehead atoms. The van der Waals surface area contributed by atoms with E-state index >= 15 is 0 Å². The Morgan fingerprint density at radius 3 is 1.63 bits per heavy atom. The first-order chi connectivity index (χ1) is 32.9. The van der Waals surface area contributed by atoms with Gasteiger partial charge in [0.25, 0.3) is 0 Å². The first-order valence-corrected chi connectivity index (χ1v) is 24.9. The third kappa shape index (κ3) is 22.6. The smallest absolute Gasteiger partial charge is 0.328 e. The van der Waals surface area contributed by atoms with Crippen molar-refractivity contribution < 1.29 is 53.4 Å². The Kier molecular flexibility index (Phi) is 28.3. The molecule has 0 fully saturated rings. The van der Waals surface area contributed by atoms with Gasteiger partial charge in [0.15, 0.2) is 5.96 Å². The van der Waals surface area contributed by atoms with Gasteiger partial charge in [-0.25, -0.2) is 4.79 Å². The number of thioether (sulfide) groups is 1. The summed E-state index contributed by atoms with van der Waals surface area (Å²) >= 11 is 1.41. The number of guanidine groups is 1. The zero-order valence-electron chi connectivity index (χ0n) is 41.8. The summed E-state index contributed by atoms with van der Waals surface area (Å²) in [5.41, 5.74) is 18.0. The minimum Gasteiger partial charge on any atom is -0.480 e. The number of amides is 8. The lowest BCUT2D eigenvalue weighted by Gasteiger charge is -2.29. The van der Waals surface area contributed by atoms with Gasteiger partial charge in [-0.15, -0.1) is 0 Å². The van der Waals surface area contributed by atoms with Crippen LogP contribution in [0, 0.1) is 17.8 Å². The summed E-state index contributed by atoms with van der Waals surface area (Å²) in [4.78, 5) is 124. The van der Waals surface area contributed by atoms with Gasteiger partial charge in [0.05, 0.1) is 12.6 Å². The molecule has 16 N–H and O–H groups in total. The number of hydrogen-bond donors (Lipinski definition) is 13. The van der Waals surface area contributed by atoms with Crippen LogP contribution in [0.15, 0.2) is 35.3 Å². The molecular formula is C46H78N12O11S. The summed E-state index contributed by atoms with van der Waals surface area (Å²) in [7, 11) is 0. The molecule has 1 aromatic carbocycles. The van der Waals surface area contributed by atoms with Gasteiger partial charge in [-0.3, -0.25) is 43.3 Å². The van der Waals surface area contributed by atoms with Crippen LogP contribution in [0.4, 0.5) is 0 Å². The maximum absolute atomic E-state index is 14.1. The Morgan fingerprint density at radius 2 is 1.11 bits per heavy atom. The van der Waals surface area contributed by atoms with Gasteiger partial charge in [-0.05, 0) is 81.3 Å². The number of nitrogens with zero attached hydrogens (tertiary/aromatic N) is 1. The predicted octanol–water partition coefficient (Wildman–Crippen LogP) is -1.89. The first-order valence-electron chi connectivity index (χ1n) is 23.5. The second-order valence-electron chi connectivity index (χ2n) is 18.0. The molecule has 0 spiro atoms. The molecule has 0 aliphatic heterocycles. The molecule has 0 radical (unpaired) electrons. The van der Waals surface area contributed by atoms with Crippen LogP contribution in [-0.4, -0.2) is 149 Å². The topological polar surface area (TPSA) is 381 Å². The average Bonchev–Trinajstić information content (AvgIpc) is 3.29. The highest BCUT2D eigenvalue weighted by Crippen LogP contribution is 2.13. The number of rotatable bonds is 32. The lowest BCUT2D eigenvalue weighted by atomic mass is 9.96. The van der Waals surface area contributed by atoms with E-state index in [9.17, 15) is 48.3 Å². The van der Waals surface area contributed by atoms with Crippen LogP contribution in [-0.2, 0) is 49.6 Å². The molecule has 0 aliphatic rings. The van der Waals surface area contributed by atoms with Crippen LogP contribution < -0.4 is 59.7 Å². The van der Waals surface area contributed by atoms with Gasteiger partial charge >= 0.3 is 5.97 Å². The Bertz CT molecular complexity index is 1920. The quantitative estimate of drug-likeness (QED) is 0.0213. The van der Waals surface area contributed by atoms with E-state index in [1.165, 1.54) is 25.6 Å². The molecular weight excluding hydrogens is 929 g/mol. The number of nitrogens with two attached hydrogens (primary N) is 3. The minimum absolute atomic E-state index is 0.0944. The van der Waals surface area contributed by atoms with E-state index in [0.29, 0.717) is 18.6 Å². The van der Waals surface area contributed by atoms with Gasteiger partial charge in [0.2, 0.25) is 47.3 Å². The van der Waals surface area contributed by atoms with Crippen LogP contribution in [0.5, 0.6) is 0 Å². The summed E-state index contributed by atoms with van der Waals surface area (Å²) in [6.07, 6.45) is 3.09. The fourth-order valence-electron chi connectivity index (χ4n) is 6.75. The zero-order valence-corrected chi connectivity index (χ0v) is 42.7. The summed E-state index contributed by atoms with van der Waals surface area (Å²) in [6.45, 7) is 12.4. The van der Waals surface area contributed by atoms with Gasteiger partial charge in [-0.2, -0.15) is 11.8 Å². The number of carbonyl (C=O) groups excluding carboxylic acids is 8. The number of aliphatic hydroxyl groups is 1. The number of carboxylic acids is 1. The average molecular weight is 1010 g/mol. The highest BCUT2D eigenvalue weighted by Gasteiger charge is 2.35. The highest BCUT2D eigenvalue weighted by atomic mass is 32.2. The first kappa shape index (κ1) is 62.0. The molecule has 0 saturated heterocycles. The van der Waals surface area contributed by atoms with E-state index in [-0.39, 0.29) is 44.1 Å². The minimum atomic E-state index is -1.60. The number of aliphatic imine (C=N–C) groups is 1. The summed E-state index contributed by atoms with van der Waals surface area (Å²) in [6, 6.07) is -1.83. The predicted molar refractivity (Wildman–Crippen MR) is 266 cm³/mol. The molecule has 1 rings (SSSR count). The number of hydrogen-bond acceptors (Lipinski definition) is 13. The molecule has 70 heavy (non-hydrogen) atoms. The molecule has 394 valence electrons. The van der Waals surface area contributed by atoms with Crippen molar-refractivity contribution in [2.75, 3.05) is 25.2 Å². The van der Waals surface area contributed by atoms with Gasteiger partial charge < -0.3 is 69.9 Å². The van der Waals surface area contributed by atoms with Crippen molar-refractivity contribution in [3.63, 3.8) is 0 Å². The van der Waals surface area contributed by atoms with E-state index in [2.05, 4.69) is 47.5 Å². The normalized spacial score (nSPS) is 15.4. The molecule has 0 aromatic heterocycles. The van der Waals surface area contributed by atoms with Crippen molar-refractivity contribution in [3.8, 4) is 0 Å². The van der Waals surface area contributed by atoms with Crippen molar-refractivity contribution in [1.82, 2.24) is 42.5 Å². The molecule has 8 amide bonds. The third-order valence-corrected chi connectivity index (χ3v) is 11.8. The number of benzene rings is 1. The van der Waals surface area contributed by atoms with Crippen molar-refractivity contribution in [2.45, 2.75) is 148 Å². The van der Waals surface area contributed by atoms with Crippen LogP contribution in [0.1, 0.15) is 93.1 Å². The van der Waals surface area contributed by atoms with Gasteiger partial charge in [0, 0.05) is 6.54 Å². The number of carbonyl (C=O) groups is 9. The van der Waals surface area contributed by atoms with Crippen LogP contribution >= 0.6 is 11.8 Å². The Balaban J connectivity index is 3.21. The summed E-state index contributed by atoms with van der Waals surface area (Å²) in [5.74, 6) is -8.11. The maximum atomic E-state index is 14.1. The van der Waals surface area contributed by atoms with Crippen molar-refractivity contribution in [3.05, 3.63) is 35.9 Å². The SMILES string of the molecule is CC[C@H](C)[C@H](NC(=O)[C@H](CCCN=C(N)N)NC(=O)[C@@H](N)Cc1ccccc1)C(=O)N[C@@H](CCSC)C(=O)N[C@@H](C)C(=O)N[C@H](C(=O)N[C@@H](CC(C)C)C(=O)N[C@@H](C)C(=O)N[C@@H](CO)C(=O)O)C(C)C.